The molecule has 0 aromatic rings. The Morgan fingerprint density at radius 2 is 1.86 bits per heavy atom. The fourth-order valence-electron chi connectivity index (χ4n) is 1.28. The number of hydrogen-bond acceptors (Lipinski definition) is 0. The maximum absolute atomic E-state index is 1.89. The van der Waals surface area contributed by atoms with Gasteiger partial charge in [0.05, 0.1) is 0 Å². The average Bonchev–Trinajstić information content (AvgIpc) is 2.10. The molecule has 0 saturated heterocycles. The molecule has 0 heterocycles. The van der Waals surface area contributed by atoms with Crippen LogP contribution in [-0.4, -0.2) is 0 Å². The second-order valence-corrected chi connectivity index (χ2v) is 2.79. The molecule has 0 bridgehead atoms. The van der Waals surface area contributed by atoms with Crippen LogP contribution in [0.25, 0.3) is 0 Å². The fourth-order valence-corrected chi connectivity index (χ4v) is 1.28. The summed E-state index contributed by atoms with van der Waals surface area (Å²) < 4.78 is 0. The standard InChI is InChI=1S/C7H11/c1-2-6(3-1)7-4-5-7/h7H,1-5H2. The quantitative estimate of drug-likeness (QED) is 0.468. The highest BCUT2D eigenvalue weighted by molar-refractivity contribution is 5.08. The summed E-state index contributed by atoms with van der Waals surface area (Å²) in [6, 6.07) is 0. The van der Waals surface area contributed by atoms with Crippen LogP contribution in [0.1, 0.15) is 32.1 Å². The van der Waals surface area contributed by atoms with Gasteiger partial charge in [-0.3, -0.25) is 0 Å². The molecule has 0 atom stereocenters. The zero-order valence-electron chi connectivity index (χ0n) is 4.61. The van der Waals surface area contributed by atoms with Crippen LogP contribution in [0.5, 0.6) is 0 Å². The van der Waals surface area contributed by atoms with Crippen LogP contribution in [0.2, 0.25) is 0 Å². The largest absolute Gasteiger partial charge is 0.0522 e. The first-order chi connectivity index (χ1) is 3.47. The average molecular weight is 95.2 g/mol. The summed E-state index contributed by atoms with van der Waals surface area (Å²) in [6.45, 7) is 0. The highest BCUT2D eigenvalue weighted by atomic mass is 14.4. The van der Waals surface area contributed by atoms with Crippen molar-refractivity contribution in [3.05, 3.63) is 5.92 Å². The summed E-state index contributed by atoms with van der Waals surface area (Å²) in [5.74, 6) is 3.01. The summed E-state index contributed by atoms with van der Waals surface area (Å²) in [6.07, 6.45) is 7.49. The van der Waals surface area contributed by atoms with Gasteiger partial charge in [0.1, 0.15) is 0 Å². The third-order valence-electron chi connectivity index (χ3n) is 2.15. The van der Waals surface area contributed by atoms with Gasteiger partial charge in [-0.2, -0.15) is 0 Å². The lowest BCUT2D eigenvalue weighted by Gasteiger charge is -2.23. The monoisotopic (exact) mass is 95.1 g/mol. The summed E-state index contributed by atoms with van der Waals surface area (Å²) in [5.41, 5.74) is 0. The molecular formula is C7H11. The van der Waals surface area contributed by atoms with Crippen molar-refractivity contribution < 1.29 is 0 Å². The van der Waals surface area contributed by atoms with Crippen molar-refractivity contribution >= 4 is 0 Å². The molecular weight excluding hydrogens is 84.1 g/mol. The zero-order chi connectivity index (χ0) is 4.69. The van der Waals surface area contributed by atoms with Gasteiger partial charge in [0.25, 0.3) is 0 Å². The molecule has 7 heavy (non-hydrogen) atoms. The van der Waals surface area contributed by atoms with E-state index in [9.17, 15) is 0 Å². The van der Waals surface area contributed by atoms with Gasteiger partial charge < -0.3 is 0 Å². The lowest BCUT2D eigenvalue weighted by Crippen LogP contribution is -2.09. The normalized spacial score (nSPS) is 32.6. The molecule has 0 aromatic carbocycles. The molecule has 0 aromatic heterocycles. The molecule has 0 spiro atoms. The molecule has 2 aliphatic rings. The Hall–Kier alpha value is 0. The molecule has 0 nitrogen and oxygen atoms in total. The molecule has 2 saturated carbocycles. The second-order valence-electron chi connectivity index (χ2n) is 2.79. The predicted octanol–water partition coefficient (Wildman–Crippen LogP) is 2.15. The van der Waals surface area contributed by atoms with Gasteiger partial charge in [-0.05, 0) is 37.5 Å². The van der Waals surface area contributed by atoms with E-state index in [1.54, 1.807) is 0 Å². The lowest BCUT2D eigenvalue weighted by molar-refractivity contribution is 0.493. The van der Waals surface area contributed by atoms with E-state index in [1.165, 1.54) is 32.1 Å². The minimum atomic E-state index is 1.12. The molecule has 39 valence electrons. The van der Waals surface area contributed by atoms with Gasteiger partial charge in [-0.1, -0.05) is 6.42 Å². The summed E-state index contributed by atoms with van der Waals surface area (Å²) >= 11 is 0. The van der Waals surface area contributed by atoms with Gasteiger partial charge >= 0.3 is 0 Å². The van der Waals surface area contributed by atoms with Gasteiger partial charge in [0.2, 0.25) is 0 Å². The van der Waals surface area contributed by atoms with Crippen LogP contribution in [0.15, 0.2) is 0 Å². The van der Waals surface area contributed by atoms with Crippen molar-refractivity contribution in [2.75, 3.05) is 0 Å². The second kappa shape index (κ2) is 1.24. The van der Waals surface area contributed by atoms with Gasteiger partial charge in [0.15, 0.2) is 0 Å². The van der Waals surface area contributed by atoms with Crippen LogP contribution in [0.3, 0.4) is 0 Å². The number of rotatable bonds is 1. The van der Waals surface area contributed by atoms with Crippen molar-refractivity contribution in [2.24, 2.45) is 5.92 Å². The molecule has 0 unspecified atom stereocenters. The Morgan fingerprint density at radius 1 is 1.14 bits per heavy atom. The molecule has 1 radical (unpaired) electrons. The number of hydrogen-bond donors (Lipinski definition) is 0. The van der Waals surface area contributed by atoms with E-state index in [1.807, 2.05) is 5.92 Å². The molecule has 0 amide bonds. The maximum Gasteiger partial charge on any atom is -0.0210 e. The van der Waals surface area contributed by atoms with Crippen molar-refractivity contribution in [1.82, 2.24) is 0 Å². The third-order valence-corrected chi connectivity index (χ3v) is 2.15. The van der Waals surface area contributed by atoms with E-state index in [0.29, 0.717) is 0 Å². The summed E-state index contributed by atoms with van der Waals surface area (Å²) in [5, 5.41) is 0. The Morgan fingerprint density at radius 3 is 2.00 bits per heavy atom. The van der Waals surface area contributed by atoms with E-state index in [-0.39, 0.29) is 0 Å². The topological polar surface area (TPSA) is 0 Å². The Labute approximate surface area is 44.9 Å². The predicted molar refractivity (Wildman–Crippen MR) is 29.8 cm³/mol. The Bertz CT molecular complexity index is 68.1. The van der Waals surface area contributed by atoms with Gasteiger partial charge in [0, 0.05) is 0 Å². The lowest BCUT2D eigenvalue weighted by atomic mass is 9.82. The van der Waals surface area contributed by atoms with Crippen molar-refractivity contribution in [1.29, 1.82) is 0 Å². The van der Waals surface area contributed by atoms with Gasteiger partial charge in [-0.15, -0.1) is 0 Å². The minimum absolute atomic E-state index is 1.12. The Balaban J connectivity index is 1.83. The van der Waals surface area contributed by atoms with E-state index >= 15 is 0 Å². The van der Waals surface area contributed by atoms with Crippen LogP contribution < -0.4 is 0 Å². The van der Waals surface area contributed by atoms with Crippen LogP contribution in [-0.2, 0) is 0 Å². The molecule has 2 fully saturated rings. The van der Waals surface area contributed by atoms with E-state index < -0.39 is 0 Å². The van der Waals surface area contributed by atoms with Crippen LogP contribution >= 0.6 is 0 Å². The SMILES string of the molecule is C1C[C](C2CC2)C1. The Kier molecular flexibility index (Phi) is 0.697. The minimum Gasteiger partial charge on any atom is -0.0522 e. The van der Waals surface area contributed by atoms with Gasteiger partial charge in [-0.25, -0.2) is 0 Å². The molecule has 0 aliphatic heterocycles. The third kappa shape index (κ3) is 0.568. The highest BCUT2D eigenvalue weighted by Crippen LogP contribution is 2.48. The molecule has 2 aliphatic carbocycles. The van der Waals surface area contributed by atoms with E-state index in [4.69, 9.17) is 0 Å². The first-order valence-corrected chi connectivity index (χ1v) is 3.31. The molecule has 2 rings (SSSR count). The first kappa shape index (κ1) is 3.94. The van der Waals surface area contributed by atoms with Crippen molar-refractivity contribution in [3.63, 3.8) is 0 Å². The van der Waals surface area contributed by atoms with Crippen LogP contribution in [0.4, 0.5) is 0 Å². The van der Waals surface area contributed by atoms with E-state index in [2.05, 4.69) is 0 Å². The van der Waals surface area contributed by atoms with Crippen molar-refractivity contribution in [3.8, 4) is 0 Å². The molecule has 0 heteroatoms. The highest BCUT2D eigenvalue weighted by Gasteiger charge is 2.34. The van der Waals surface area contributed by atoms with E-state index in [0.717, 1.165) is 5.92 Å². The summed E-state index contributed by atoms with van der Waals surface area (Å²) in [4.78, 5) is 0. The fraction of sp³-hybridized carbons (Fsp3) is 0.857. The zero-order valence-corrected chi connectivity index (χ0v) is 4.61. The smallest absolute Gasteiger partial charge is 0.0210 e. The maximum atomic E-state index is 1.89. The van der Waals surface area contributed by atoms with Crippen molar-refractivity contribution in [2.45, 2.75) is 32.1 Å². The molecule has 0 N–H and O–H groups in total. The summed E-state index contributed by atoms with van der Waals surface area (Å²) in [7, 11) is 0. The van der Waals surface area contributed by atoms with Crippen LogP contribution in [0, 0.1) is 11.8 Å². The first-order valence-electron chi connectivity index (χ1n) is 3.31.